The maximum atomic E-state index is 13.4. The molecule has 0 fully saturated rings. The summed E-state index contributed by atoms with van der Waals surface area (Å²) in [6.07, 6.45) is 0. The van der Waals surface area contributed by atoms with Crippen LogP contribution in [0.5, 0.6) is 5.75 Å². The molecule has 0 saturated carbocycles. The van der Waals surface area contributed by atoms with Gasteiger partial charge in [0.1, 0.15) is 22.5 Å². The molecule has 1 atom stereocenters. The molecule has 172 valence electrons. The lowest BCUT2D eigenvalue weighted by molar-refractivity contribution is -0.122. The number of amides is 3. The van der Waals surface area contributed by atoms with Crippen molar-refractivity contribution in [1.82, 2.24) is 9.69 Å². The van der Waals surface area contributed by atoms with E-state index in [2.05, 4.69) is 9.69 Å². The Bertz CT molecular complexity index is 1160. The topological polar surface area (TPSA) is 141 Å². The van der Waals surface area contributed by atoms with Crippen LogP contribution in [-0.2, 0) is 11.3 Å². The molecule has 0 aliphatic heterocycles. The highest BCUT2D eigenvalue weighted by Crippen LogP contribution is 2.28. The zero-order valence-corrected chi connectivity index (χ0v) is 18.7. The molecule has 0 spiro atoms. The van der Waals surface area contributed by atoms with E-state index in [-0.39, 0.29) is 28.6 Å². The van der Waals surface area contributed by atoms with Gasteiger partial charge in [-0.1, -0.05) is 12.1 Å². The monoisotopic (exact) mass is 471 g/mol. The molecule has 0 aliphatic rings. The molecule has 3 amide bonds. The first-order valence-electron chi connectivity index (χ1n) is 9.77. The van der Waals surface area contributed by atoms with Crippen LogP contribution in [0.1, 0.15) is 32.6 Å². The molecule has 3 aromatic rings. The zero-order chi connectivity index (χ0) is 24.1. The van der Waals surface area contributed by atoms with Crippen molar-refractivity contribution >= 4 is 40.6 Å². The fraction of sp³-hybridized carbons (Fsp3) is 0.182. The highest BCUT2D eigenvalue weighted by Gasteiger charge is 2.32. The molecular formula is C22H22FN5O4S. The van der Waals surface area contributed by atoms with Gasteiger partial charge in [-0.3, -0.25) is 19.3 Å². The largest absolute Gasteiger partial charge is 0.497 e. The lowest BCUT2D eigenvalue weighted by Crippen LogP contribution is -2.48. The first-order valence-corrected chi connectivity index (χ1v) is 10.5. The van der Waals surface area contributed by atoms with E-state index in [0.29, 0.717) is 17.0 Å². The van der Waals surface area contributed by atoms with Gasteiger partial charge in [-0.2, -0.15) is 4.37 Å². The molecule has 0 saturated heterocycles. The number of ether oxygens (including phenoxy) is 1. The molecule has 0 bridgehead atoms. The number of nitrogens with one attached hydrogen (secondary N) is 1. The summed E-state index contributed by atoms with van der Waals surface area (Å²) in [7, 11) is 1.51. The highest BCUT2D eigenvalue weighted by molar-refractivity contribution is 7.09. The molecule has 1 heterocycles. The normalized spacial score (nSPS) is 11.5. The quantitative estimate of drug-likeness (QED) is 0.461. The Morgan fingerprint density at radius 2 is 1.79 bits per heavy atom. The average molecular weight is 472 g/mol. The molecule has 0 radical (unpaired) electrons. The minimum atomic E-state index is -0.968. The Labute approximate surface area is 193 Å². The number of anilines is 2. The summed E-state index contributed by atoms with van der Waals surface area (Å²) in [6, 6.07) is 11.2. The summed E-state index contributed by atoms with van der Waals surface area (Å²) in [5.74, 6) is -1.75. The van der Waals surface area contributed by atoms with Gasteiger partial charge in [0.05, 0.1) is 12.8 Å². The predicted molar refractivity (Wildman–Crippen MR) is 123 cm³/mol. The number of carbonyl (C=O) groups is 3. The lowest BCUT2D eigenvalue weighted by Gasteiger charge is -2.28. The van der Waals surface area contributed by atoms with Gasteiger partial charge in [-0.25, -0.2) is 4.39 Å². The highest BCUT2D eigenvalue weighted by atomic mass is 32.1. The van der Waals surface area contributed by atoms with E-state index in [1.54, 1.807) is 43.3 Å². The molecule has 11 heteroatoms. The maximum Gasteiger partial charge on any atom is 0.272 e. The molecule has 9 nitrogen and oxygen atoms in total. The number of halogens is 1. The summed E-state index contributed by atoms with van der Waals surface area (Å²) >= 11 is 0.725. The second-order valence-corrected chi connectivity index (χ2v) is 7.81. The van der Waals surface area contributed by atoms with Crippen LogP contribution >= 0.6 is 11.5 Å². The third-order valence-corrected chi connectivity index (χ3v) is 5.72. The average Bonchev–Trinajstić information content (AvgIpc) is 3.20. The van der Waals surface area contributed by atoms with E-state index in [4.69, 9.17) is 16.2 Å². The second-order valence-electron chi connectivity index (χ2n) is 7.03. The van der Waals surface area contributed by atoms with Crippen molar-refractivity contribution in [2.45, 2.75) is 19.5 Å². The smallest absolute Gasteiger partial charge is 0.272 e. The van der Waals surface area contributed by atoms with Crippen molar-refractivity contribution in [2.24, 2.45) is 5.73 Å². The van der Waals surface area contributed by atoms with Crippen LogP contribution in [0.4, 0.5) is 15.8 Å². The number of nitrogens with zero attached hydrogens (tertiary/aromatic N) is 2. The fourth-order valence-electron chi connectivity index (χ4n) is 3.05. The number of aromatic nitrogens is 1. The van der Waals surface area contributed by atoms with Crippen molar-refractivity contribution in [3.63, 3.8) is 0 Å². The third kappa shape index (κ3) is 5.26. The standard InChI is InChI=1S/C22H22FN5O4S/c1-12(21(30)26-11-13-3-5-14(23)6-4-13)28(15-7-9-16(32-2)10-8-15)22(31)19-17(24)18(20(25)29)27-33-19/h3-10,12H,11,24H2,1-2H3,(H2,25,29)(H,26,30). The van der Waals surface area contributed by atoms with Gasteiger partial charge in [0.2, 0.25) is 5.91 Å². The number of hydrogen-bond donors (Lipinski definition) is 3. The zero-order valence-electron chi connectivity index (χ0n) is 17.9. The van der Waals surface area contributed by atoms with Crippen molar-refractivity contribution in [3.8, 4) is 5.75 Å². The van der Waals surface area contributed by atoms with Gasteiger partial charge >= 0.3 is 0 Å². The number of nitrogens with two attached hydrogens (primary N) is 2. The molecule has 2 aromatic carbocycles. The fourth-order valence-corrected chi connectivity index (χ4v) is 3.80. The first kappa shape index (κ1) is 23.7. The molecule has 0 aliphatic carbocycles. The van der Waals surface area contributed by atoms with Crippen molar-refractivity contribution < 1.29 is 23.5 Å². The Balaban J connectivity index is 1.90. The number of primary amides is 1. The molecule has 1 unspecified atom stereocenters. The van der Waals surface area contributed by atoms with Gasteiger partial charge in [0.25, 0.3) is 11.8 Å². The summed E-state index contributed by atoms with van der Waals surface area (Å²) in [4.78, 5) is 39.1. The maximum absolute atomic E-state index is 13.4. The van der Waals surface area contributed by atoms with Crippen molar-refractivity contribution in [1.29, 1.82) is 0 Å². The van der Waals surface area contributed by atoms with Gasteiger partial charge in [-0.05, 0) is 60.4 Å². The van der Waals surface area contributed by atoms with Crippen molar-refractivity contribution in [3.05, 3.63) is 70.5 Å². The van der Waals surface area contributed by atoms with Crippen LogP contribution in [0.2, 0.25) is 0 Å². The Kier molecular flexibility index (Phi) is 7.23. The predicted octanol–water partition coefficient (Wildman–Crippen LogP) is 2.32. The summed E-state index contributed by atoms with van der Waals surface area (Å²) in [6.45, 7) is 1.69. The van der Waals surface area contributed by atoms with E-state index in [1.165, 1.54) is 24.1 Å². The molecular weight excluding hydrogens is 449 g/mol. The van der Waals surface area contributed by atoms with Gasteiger partial charge < -0.3 is 21.5 Å². The summed E-state index contributed by atoms with van der Waals surface area (Å²) in [5, 5.41) is 2.74. The molecule has 1 aromatic heterocycles. The van der Waals surface area contributed by atoms with E-state index in [1.807, 2.05) is 0 Å². The Morgan fingerprint density at radius 3 is 2.33 bits per heavy atom. The summed E-state index contributed by atoms with van der Waals surface area (Å²) < 4.78 is 22.1. The number of methoxy groups -OCH3 is 1. The minimum absolute atomic E-state index is 0.0159. The van der Waals surface area contributed by atoms with Crippen molar-refractivity contribution in [2.75, 3.05) is 17.7 Å². The van der Waals surface area contributed by atoms with Crippen LogP contribution in [0, 0.1) is 5.82 Å². The number of rotatable bonds is 8. The molecule has 5 N–H and O–H groups in total. The number of nitrogen functional groups attached to an aromatic ring is 1. The lowest BCUT2D eigenvalue weighted by atomic mass is 10.1. The van der Waals surface area contributed by atoms with Crippen LogP contribution in [0.3, 0.4) is 0 Å². The van der Waals surface area contributed by atoms with Crippen LogP contribution < -0.4 is 26.4 Å². The van der Waals surface area contributed by atoms with Gasteiger partial charge in [-0.15, -0.1) is 0 Å². The van der Waals surface area contributed by atoms with Crippen LogP contribution in [0.25, 0.3) is 0 Å². The van der Waals surface area contributed by atoms with E-state index in [0.717, 1.165) is 11.5 Å². The third-order valence-electron chi connectivity index (χ3n) is 4.87. The second kappa shape index (κ2) is 10.1. The number of carbonyl (C=O) groups excluding carboxylic acids is 3. The van der Waals surface area contributed by atoms with Gasteiger partial charge in [0.15, 0.2) is 5.69 Å². The number of benzene rings is 2. The minimum Gasteiger partial charge on any atom is -0.497 e. The SMILES string of the molecule is COc1ccc(N(C(=O)c2snc(C(N)=O)c2N)C(C)C(=O)NCc2ccc(F)cc2)cc1. The number of hydrogen-bond acceptors (Lipinski definition) is 7. The first-order chi connectivity index (χ1) is 15.7. The van der Waals surface area contributed by atoms with E-state index < -0.39 is 23.8 Å². The van der Waals surface area contributed by atoms with Gasteiger partial charge in [0, 0.05) is 12.2 Å². The molecule has 3 rings (SSSR count). The Morgan fingerprint density at radius 1 is 1.15 bits per heavy atom. The van der Waals surface area contributed by atoms with E-state index in [9.17, 15) is 18.8 Å². The Hall–Kier alpha value is -3.99. The molecule has 33 heavy (non-hydrogen) atoms. The van der Waals surface area contributed by atoms with Crippen LogP contribution in [-0.4, -0.2) is 35.2 Å². The summed E-state index contributed by atoms with van der Waals surface area (Å²) in [5.41, 5.74) is 11.9. The van der Waals surface area contributed by atoms with E-state index >= 15 is 0 Å². The van der Waals surface area contributed by atoms with Crippen LogP contribution in [0.15, 0.2) is 48.5 Å².